The Morgan fingerprint density at radius 3 is 2.74 bits per heavy atom. The van der Waals surface area contributed by atoms with Crippen molar-refractivity contribution >= 4 is 6.09 Å². The molecule has 1 N–H and O–H groups in total. The Hall–Kier alpha value is -1.78. The largest absolute Gasteiger partial charge is 0.470 e. The lowest BCUT2D eigenvalue weighted by Crippen LogP contribution is -2.41. The molecule has 1 amide bonds. The second-order valence-corrected chi connectivity index (χ2v) is 5.25. The fourth-order valence-corrected chi connectivity index (χ4v) is 3.25. The number of nitrogens with zero attached hydrogens (tertiary/aromatic N) is 1. The molecule has 1 unspecified atom stereocenters. The Kier molecular flexibility index (Phi) is 3.05. The van der Waals surface area contributed by atoms with Crippen molar-refractivity contribution in [1.82, 2.24) is 4.90 Å². The third kappa shape index (κ3) is 2.25. The maximum atomic E-state index is 12.9. The first kappa shape index (κ1) is 12.3. The first-order valence-electron chi connectivity index (χ1n) is 6.57. The van der Waals surface area contributed by atoms with E-state index in [1.54, 1.807) is 0 Å². The smallest absolute Gasteiger partial charge is 0.410 e. The minimum Gasteiger partial charge on any atom is -0.470 e. The summed E-state index contributed by atoms with van der Waals surface area (Å²) in [7, 11) is 0. The molecule has 1 saturated carbocycles. The molecule has 0 aromatic heterocycles. The van der Waals surface area contributed by atoms with Crippen LogP contribution in [0.4, 0.5) is 9.18 Å². The SMILES string of the molecule is O=C(O)N1C[C@@H]2CCC[C@@H]2C1Oc1ccc(F)cc1. The monoisotopic (exact) mass is 265 g/mol. The normalized spacial score (nSPS) is 29.3. The number of hydrogen-bond donors (Lipinski definition) is 1. The molecule has 0 spiro atoms. The molecule has 5 heteroatoms. The number of fused-ring (bicyclic) bond motifs is 1. The van der Waals surface area contributed by atoms with Crippen molar-refractivity contribution in [3.63, 3.8) is 0 Å². The molecule has 3 rings (SSSR count). The lowest BCUT2D eigenvalue weighted by Gasteiger charge is -2.26. The van der Waals surface area contributed by atoms with E-state index in [4.69, 9.17) is 4.74 Å². The van der Waals surface area contributed by atoms with Gasteiger partial charge in [-0.15, -0.1) is 0 Å². The zero-order chi connectivity index (χ0) is 13.4. The lowest BCUT2D eigenvalue weighted by molar-refractivity contribution is 0.0328. The van der Waals surface area contributed by atoms with Crippen molar-refractivity contribution in [2.45, 2.75) is 25.5 Å². The summed E-state index contributed by atoms with van der Waals surface area (Å²) < 4.78 is 18.7. The lowest BCUT2D eigenvalue weighted by atomic mass is 9.99. The average Bonchev–Trinajstić information content (AvgIpc) is 2.94. The summed E-state index contributed by atoms with van der Waals surface area (Å²) in [5, 5.41) is 9.25. The Balaban J connectivity index is 1.79. The fraction of sp³-hybridized carbons (Fsp3) is 0.500. The van der Waals surface area contributed by atoms with Gasteiger partial charge in [0.2, 0.25) is 0 Å². The van der Waals surface area contributed by atoms with Gasteiger partial charge in [0, 0.05) is 12.5 Å². The molecule has 19 heavy (non-hydrogen) atoms. The maximum Gasteiger partial charge on any atom is 0.410 e. The van der Waals surface area contributed by atoms with Gasteiger partial charge < -0.3 is 9.84 Å². The minimum absolute atomic E-state index is 0.265. The highest BCUT2D eigenvalue weighted by molar-refractivity contribution is 5.66. The van der Waals surface area contributed by atoms with Crippen LogP contribution in [0.15, 0.2) is 24.3 Å². The molecule has 4 nitrogen and oxygen atoms in total. The van der Waals surface area contributed by atoms with Gasteiger partial charge in [-0.1, -0.05) is 6.42 Å². The summed E-state index contributed by atoms with van der Waals surface area (Å²) in [4.78, 5) is 12.6. The van der Waals surface area contributed by atoms with E-state index < -0.39 is 12.3 Å². The highest BCUT2D eigenvalue weighted by Crippen LogP contribution is 2.42. The highest BCUT2D eigenvalue weighted by atomic mass is 19.1. The minimum atomic E-state index is -0.943. The second kappa shape index (κ2) is 4.72. The molecule has 2 fully saturated rings. The highest BCUT2D eigenvalue weighted by Gasteiger charge is 2.47. The van der Waals surface area contributed by atoms with Crippen LogP contribution in [0.25, 0.3) is 0 Å². The summed E-state index contributed by atoms with van der Waals surface area (Å²) in [6.07, 6.45) is 1.82. The van der Waals surface area contributed by atoms with Crippen LogP contribution in [-0.2, 0) is 0 Å². The number of ether oxygens (including phenoxy) is 1. The van der Waals surface area contributed by atoms with Crippen LogP contribution in [0.1, 0.15) is 19.3 Å². The van der Waals surface area contributed by atoms with Gasteiger partial charge in [0.1, 0.15) is 11.6 Å². The number of rotatable bonds is 2. The summed E-state index contributed by atoms with van der Waals surface area (Å²) in [5.41, 5.74) is 0. The Bertz CT molecular complexity index is 476. The van der Waals surface area contributed by atoms with Crippen molar-refractivity contribution in [3.8, 4) is 5.75 Å². The van der Waals surface area contributed by atoms with Crippen molar-refractivity contribution in [2.24, 2.45) is 11.8 Å². The van der Waals surface area contributed by atoms with Gasteiger partial charge in [0.15, 0.2) is 6.23 Å². The maximum absolute atomic E-state index is 12.9. The Morgan fingerprint density at radius 2 is 2.05 bits per heavy atom. The number of hydrogen-bond acceptors (Lipinski definition) is 2. The number of carbonyl (C=O) groups is 1. The topological polar surface area (TPSA) is 49.8 Å². The van der Waals surface area contributed by atoms with Gasteiger partial charge in [-0.2, -0.15) is 0 Å². The summed E-state index contributed by atoms with van der Waals surface area (Å²) in [6.45, 7) is 0.547. The number of carboxylic acid groups (broad SMARTS) is 1. The van der Waals surface area contributed by atoms with Gasteiger partial charge >= 0.3 is 6.09 Å². The third-order valence-electron chi connectivity index (χ3n) is 4.14. The van der Waals surface area contributed by atoms with Gasteiger partial charge in [-0.3, -0.25) is 4.90 Å². The molecule has 0 radical (unpaired) electrons. The number of benzene rings is 1. The molecule has 3 atom stereocenters. The third-order valence-corrected chi connectivity index (χ3v) is 4.14. The number of amides is 1. The molecular weight excluding hydrogens is 249 g/mol. The van der Waals surface area contributed by atoms with E-state index in [-0.39, 0.29) is 11.7 Å². The summed E-state index contributed by atoms with van der Waals surface area (Å²) in [5.74, 6) is 0.862. The molecule has 1 aromatic rings. The van der Waals surface area contributed by atoms with Gasteiger partial charge in [0.25, 0.3) is 0 Å². The van der Waals surface area contributed by atoms with E-state index >= 15 is 0 Å². The summed E-state index contributed by atoms with van der Waals surface area (Å²) in [6, 6.07) is 5.72. The van der Waals surface area contributed by atoms with E-state index in [2.05, 4.69) is 0 Å². The first-order chi connectivity index (χ1) is 9.15. The van der Waals surface area contributed by atoms with Crippen LogP contribution in [0.5, 0.6) is 5.75 Å². The van der Waals surface area contributed by atoms with Crippen molar-refractivity contribution in [3.05, 3.63) is 30.1 Å². The molecule has 0 bridgehead atoms. The molecule has 102 valence electrons. The van der Waals surface area contributed by atoms with Gasteiger partial charge in [-0.05, 0) is 43.0 Å². The van der Waals surface area contributed by atoms with Crippen LogP contribution < -0.4 is 4.74 Å². The molecule has 1 aliphatic carbocycles. The molecular formula is C14H16FNO3. The molecule has 1 aliphatic heterocycles. The predicted molar refractivity (Wildman–Crippen MR) is 66.4 cm³/mol. The van der Waals surface area contributed by atoms with Crippen molar-refractivity contribution < 1.29 is 19.0 Å². The molecule has 1 saturated heterocycles. The van der Waals surface area contributed by atoms with E-state index in [1.807, 2.05) is 0 Å². The first-order valence-corrected chi connectivity index (χ1v) is 6.57. The van der Waals surface area contributed by atoms with Gasteiger partial charge in [-0.25, -0.2) is 9.18 Å². The van der Waals surface area contributed by atoms with Crippen LogP contribution in [0, 0.1) is 17.7 Å². The van der Waals surface area contributed by atoms with Crippen molar-refractivity contribution in [1.29, 1.82) is 0 Å². The van der Waals surface area contributed by atoms with E-state index in [1.165, 1.54) is 29.2 Å². The number of likely N-dealkylation sites (tertiary alicyclic amines) is 1. The predicted octanol–water partition coefficient (Wildman–Crippen LogP) is 2.94. The molecule has 1 heterocycles. The fourth-order valence-electron chi connectivity index (χ4n) is 3.25. The zero-order valence-corrected chi connectivity index (χ0v) is 10.5. The standard InChI is InChI=1S/C14H16FNO3/c15-10-4-6-11(7-5-10)19-13-12-3-1-2-9(12)8-16(13)14(17)18/h4-7,9,12-13H,1-3,8H2,(H,17,18)/t9-,12-,13?/m0/s1. The van der Waals surface area contributed by atoms with Crippen LogP contribution in [0.2, 0.25) is 0 Å². The average molecular weight is 265 g/mol. The van der Waals surface area contributed by atoms with Crippen LogP contribution in [-0.4, -0.2) is 28.9 Å². The second-order valence-electron chi connectivity index (χ2n) is 5.25. The Labute approximate surface area is 110 Å². The van der Waals surface area contributed by atoms with E-state index in [9.17, 15) is 14.3 Å². The molecule has 2 aliphatic rings. The van der Waals surface area contributed by atoms with E-state index in [0.29, 0.717) is 18.2 Å². The molecule has 1 aromatic carbocycles. The van der Waals surface area contributed by atoms with Crippen molar-refractivity contribution in [2.75, 3.05) is 6.54 Å². The van der Waals surface area contributed by atoms with E-state index in [0.717, 1.165) is 19.3 Å². The van der Waals surface area contributed by atoms with Gasteiger partial charge in [0.05, 0.1) is 0 Å². The quantitative estimate of drug-likeness (QED) is 0.894. The zero-order valence-electron chi connectivity index (χ0n) is 10.5. The summed E-state index contributed by atoms with van der Waals surface area (Å²) >= 11 is 0. The van der Waals surface area contributed by atoms with Crippen LogP contribution >= 0.6 is 0 Å². The van der Waals surface area contributed by atoms with Crippen LogP contribution in [0.3, 0.4) is 0 Å². The number of halogens is 1. The Morgan fingerprint density at radius 1 is 1.32 bits per heavy atom.